The zero-order chi connectivity index (χ0) is 16.9. The van der Waals surface area contributed by atoms with Crippen molar-refractivity contribution in [3.8, 4) is 0 Å². The van der Waals surface area contributed by atoms with Gasteiger partial charge in [0.05, 0.1) is 5.56 Å². The highest BCUT2D eigenvalue weighted by Crippen LogP contribution is 2.17. The number of carbonyl (C=O) groups excluding carboxylic acids is 2. The quantitative estimate of drug-likeness (QED) is 0.842. The maximum absolute atomic E-state index is 12.6. The Hall–Kier alpha value is -1.78. The van der Waals surface area contributed by atoms with Gasteiger partial charge in [0.2, 0.25) is 5.91 Å². The molecule has 1 aromatic rings. The molecule has 0 unspecified atom stereocenters. The van der Waals surface area contributed by atoms with Gasteiger partial charge in [-0.1, -0.05) is 13.8 Å². The van der Waals surface area contributed by atoms with E-state index in [1.807, 2.05) is 34.6 Å². The Balaban J connectivity index is 2.68. The Bertz CT molecular complexity index is 518. The minimum absolute atomic E-state index is 0.0211. The van der Waals surface area contributed by atoms with E-state index >= 15 is 0 Å². The highest BCUT2D eigenvalue weighted by molar-refractivity contribution is 5.95. The van der Waals surface area contributed by atoms with E-state index in [-0.39, 0.29) is 17.9 Å². The van der Waals surface area contributed by atoms with Gasteiger partial charge in [0.25, 0.3) is 5.91 Å². The molecule has 0 bridgehead atoms. The molecule has 124 valence electrons. The van der Waals surface area contributed by atoms with Gasteiger partial charge in [-0.2, -0.15) is 0 Å². The molecule has 22 heavy (non-hydrogen) atoms. The van der Waals surface area contributed by atoms with E-state index in [0.717, 1.165) is 5.76 Å². The lowest BCUT2D eigenvalue weighted by atomic mass is 10.1. The number of nitrogens with one attached hydrogen (secondary N) is 1. The van der Waals surface area contributed by atoms with Crippen LogP contribution in [0.1, 0.15) is 56.0 Å². The lowest BCUT2D eigenvalue weighted by Gasteiger charge is -2.26. The third-order valence-electron chi connectivity index (χ3n) is 3.44. The second-order valence-corrected chi connectivity index (χ2v) is 6.37. The molecule has 1 heterocycles. The minimum atomic E-state index is -0.0824. The second kappa shape index (κ2) is 8.01. The zero-order valence-electron chi connectivity index (χ0n) is 14.5. The summed E-state index contributed by atoms with van der Waals surface area (Å²) in [6.07, 6.45) is 0.312. The lowest BCUT2D eigenvalue weighted by molar-refractivity contribution is -0.121. The molecule has 0 saturated heterocycles. The van der Waals surface area contributed by atoms with E-state index < -0.39 is 0 Å². The number of aryl methyl sites for hydroxylation is 2. The first kappa shape index (κ1) is 18.3. The molecule has 0 spiro atoms. The van der Waals surface area contributed by atoms with Crippen molar-refractivity contribution in [2.75, 3.05) is 13.1 Å². The molecule has 0 radical (unpaired) electrons. The molecule has 0 aliphatic heterocycles. The summed E-state index contributed by atoms with van der Waals surface area (Å²) < 4.78 is 5.43. The van der Waals surface area contributed by atoms with Crippen LogP contribution in [0.15, 0.2) is 10.5 Å². The van der Waals surface area contributed by atoms with Crippen LogP contribution in [0.4, 0.5) is 0 Å². The second-order valence-electron chi connectivity index (χ2n) is 6.37. The normalized spacial score (nSPS) is 11.1. The molecular weight excluding hydrogens is 280 g/mol. The molecule has 0 fully saturated rings. The third kappa shape index (κ3) is 5.20. The lowest BCUT2D eigenvalue weighted by Crippen LogP contribution is -2.40. The summed E-state index contributed by atoms with van der Waals surface area (Å²) in [7, 11) is 0. The van der Waals surface area contributed by atoms with Crippen molar-refractivity contribution in [2.45, 2.75) is 54.0 Å². The maximum Gasteiger partial charge on any atom is 0.257 e. The van der Waals surface area contributed by atoms with Gasteiger partial charge >= 0.3 is 0 Å². The van der Waals surface area contributed by atoms with Gasteiger partial charge in [0, 0.05) is 25.6 Å². The number of hydrogen-bond acceptors (Lipinski definition) is 3. The number of nitrogens with zero attached hydrogens (tertiary/aromatic N) is 1. The molecule has 0 aliphatic carbocycles. The van der Waals surface area contributed by atoms with Gasteiger partial charge in [-0.3, -0.25) is 9.59 Å². The number of rotatable bonds is 7. The predicted octanol–water partition coefficient (Wildman–Crippen LogP) is 2.91. The Morgan fingerprint density at radius 3 is 2.32 bits per heavy atom. The smallest absolute Gasteiger partial charge is 0.257 e. The van der Waals surface area contributed by atoms with Crippen LogP contribution in [0.2, 0.25) is 0 Å². The summed E-state index contributed by atoms with van der Waals surface area (Å²) in [6.45, 7) is 12.7. The Labute approximate surface area is 133 Å². The van der Waals surface area contributed by atoms with Crippen molar-refractivity contribution in [1.29, 1.82) is 0 Å². The highest BCUT2D eigenvalue weighted by Gasteiger charge is 2.23. The van der Waals surface area contributed by atoms with Gasteiger partial charge < -0.3 is 14.6 Å². The first-order valence-corrected chi connectivity index (χ1v) is 7.87. The molecule has 0 atom stereocenters. The number of amides is 2. The third-order valence-corrected chi connectivity index (χ3v) is 3.44. The fourth-order valence-corrected chi connectivity index (χ4v) is 2.22. The van der Waals surface area contributed by atoms with Gasteiger partial charge in [-0.05, 0) is 39.7 Å². The Morgan fingerprint density at radius 2 is 1.86 bits per heavy atom. The van der Waals surface area contributed by atoms with E-state index in [2.05, 4.69) is 5.32 Å². The number of carbonyl (C=O) groups is 2. The topological polar surface area (TPSA) is 62.6 Å². The fraction of sp³-hybridized carbons (Fsp3) is 0.647. The predicted molar refractivity (Wildman–Crippen MR) is 86.8 cm³/mol. The van der Waals surface area contributed by atoms with Crippen LogP contribution < -0.4 is 5.32 Å². The largest absolute Gasteiger partial charge is 0.466 e. The molecule has 1 N–H and O–H groups in total. The first-order valence-electron chi connectivity index (χ1n) is 7.87. The van der Waals surface area contributed by atoms with Crippen LogP contribution >= 0.6 is 0 Å². The molecule has 5 heteroatoms. The molecule has 2 amide bonds. The van der Waals surface area contributed by atoms with Crippen molar-refractivity contribution < 1.29 is 14.0 Å². The summed E-state index contributed by atoms with van der Waals surface area (Å²) in [5.74, 6) is 1.66. The van der Waals surface area contributed by atoms with E-state index in [4.69, 9.17) is 4.42 Å². The SMILES string of the molecule is Cc1cc(C(=O)N(CCC(=O)NCC(C)C)C(C)C)c(C)o1. The maximum atomic E-state index is 12.6. The molecule has 1 aromatic heterocycles. The van der Waals surface area contributed by atoms with Gasteiger partial charge in [0.15, 0.2) is 0 Å². The van der Waals surface area contributed by atoms with Gasteiger partial charge in [-0.25, -0.2) is 0 Å². The van der Waals surface area contributed by atoms with Crippen LogP contribution in [0.3, 0.4) is 0 Å². The molecule has 5 nitrogen and oxygen atoms in total. The fourth-order valence-electron chi connectivity index (χ4n) is 2.22. The Kier molecular flexibility index (Phi) is 6.65. The molecule has 0 aromatic carbocycles. The minimum Gasteiger partial charge on any atom is -0.466 e. The van der Waals surface area contributed by atoms with Crippen molar-refractivity contribution in [2.24, 2.45) is 5.92 Å². The molecule has 0 aliphatic rings. The summed E-state index contributed by atoms with van der Waals surface area (Å²) in [6, 6.07) is 1.78. The molecule has 0 saturated carbocycles. The van der Waals surface area contributed by atoms with Crippen LogP contribution in [0, 0.1) is 19.8 Å². The van der Waals surface area contributed by atoms with Crippen LogP contribution in [0.25, 0.3) is 0 Å². The van der Waals surface area contributed by atoms with Crippen molar-refractivity contribution >= 4 is 11.8 Å². The van der Waals surface area contributed by atoms with Crippen molar-refractivity contribution in [3.63, 3.8) is 0 Å². The van der Waals surface area contributed by atoms with Crippen LogP contribution in [0.5, 0.6) is 0 Å². The average molecular weight is 308 g/mol. The Morgan fingerprint density at radius 1 is 1.23 bits per heavy atom. The average Bonchev–Trinajstić information content (AvgIpc) is 2.75. The number of hydrogen-bond donors (Lipinski definition) is 1. The van der Waals surface area contributed by atoms with Crippen LogP contribution in [-0.4, -0.2) is 35.8 Å². The van der Waals surface area contributed by atoms with E-state index in [9.17, 15) is 9.59 Å². The summed E-state index contributed by atoms with van der Waals surface area (Å²) in [5, 5.41) is 2.88. The van der Waals surface area contributed by atoms with E-state index in [1.165, 1.54) is 0 Å². The standard InChI is InChI=1S/C17H28N2O3/c1-11(2)10-18-16(20)7-8-19(12(3)4)17(21)15-9-13(5)22-14(15)6/h9,11-12H,7-8,10H2,1-6H3,(H,18,20). The summed E-state index contributed by atoms with van der Waals surface area (Å²) in [4.78, 5) is 26.2. The van der Waals surface area contributed by atoms with E-state index in [0.29, 0.717) is 36.8 Å². The van der Waals surface area contributed by atoms with Gasteiger partial charge in [-0.15, -0.1) is 0 Å². The molecular formula is C17H28N2O3. The van der Waals surface area contributed by atoms with Gasteiger partial charge in [0.1, 0.15) is 11.5 Å². The summed E-state index contributed by atoms with van der Waals surface area (Å²) in [5.41, 5.74) is 0.578. The summed E-state index contributed by atoms with van der Waals surface area (Å²) >= 11 is 0. The molecule has 1 rings (SSSR count). The number of furan rings is 1. The van der Waals surface area contributed by atoms with Crippen LogP contribution in [-0.2, 0) is 4.79 Å². The van der Waals surface area contributed by atoms with Crippen molar-refractivity contribution in [3.05, 3.63) is 23.2 Å². The highest BCUT2D eigenvalue weighted by atomic mass is 16.3. The first-order chi connectivity index (χ1) is 10.2. The van der Waals surface area contributed by atoms with E-state index in [1.54, 1.807) is 17.9 Å². The zero-order valence-corrected chi connectivity index (χ0v) is 14.5. The monoisotopic (exact) mass is 308 g/mol. The van der Waals surface area contributed by atoms with Crippen molar-refractivity contribution in [1.82, 2.24) is 10.2 Å².